The van der Waals surface area contributed by atoms with Crippen molar-refractivity contribution in [2.24, 2.45) is 5.92 Å². The first-order valence-corrected chi connectivity index (χ1v) is 7.59. The number of carbonyl (C=O) groups is 1. The Hall–Kier alpha value is -2.55. The number of fused-ring (bicyclic) bond motifs is 3. The molecule has 0 saturated carbocycles. The molecule has 0 amide bonds. The quantitative estimate of drug-likeness (QED) is 0.815. The van der Waals surface area contributed by atoms with E-state index in [0.29, 0.717) is 17.4 Å². The lowest BCUT2D eigenvalue weighted by atomic mass is 9.76. The Labute approximate surface area is 129 Å². The highest BCUT2D eigenvalue weighted by Gasteiger charge is 2.37. The van der Waals surface area contributed by atoms with Crippen LogP contribution in [-0.4, -0.2) is 11.1 Å². The van der Waals surface area contributed by atoms with Gasteiger partial charge < -0.3 is 10.4 Å². The van der Waals surface area contributed by atoms with Gasteiger partial charge in [0.05, 0.1) is 11.6 Å². The summed E-state index contributed by atoms with van der Waals surface area (Å²) in [5.41, 5.74) is 3.80. The number of hydrogen-bond donors (Lipinski definition) is 2. The van der Waals surface area contributed by atoms with Crippen molar-refractivity contribution in [3.63, 3.8) is 0 Å². The molecule has 1 heterocycles. The van der Waals surface area contributed by atoms with Gasteiger partial charge in [0, 0.05) is 11.6 Å². The fourth-order valence-corrected chi connectivity index (χ4v) is 3.72. The van der Waals surface area contributed by atoms with Crippen LogP contribution in [0.15, 0.2) is 60.7 Å². The zero-order valence-corrected chi connectivity index (χ0v) is 12.1. The average molecular weight is 291 g/mol. The summed E-state index contributed by atoms with van der Waals surface area (Å²) in [7, 11) is 0. The predicted octanol–water partition coefficient (Wildman–Crippen LogP) is 4.21. The second kappa shape index (κ2) is 5.02. The highest BCUT2D eigenvalue weighted by Crippen LogP contribution is 2.49. The van der Waals surface area contributed by atoms with E-state index in [-0.39, 0.29) is 6.04 Å². The third-order valence-corrected chi connectivity index (χ3v) is 4.77. The van der Waals surface area contributed by atoms with Gasteiger partial charge >= 0.3 is 5.97 Å². The molecule has 2 N–H and O–H groups in total. The van der Waals surface area contributed by atoms with Crippen LogP contribution in [0.3, 0.4) is 0 Å². The largest absolute Gasteiger partial charge is 0.478 e. The van der Waals surface area contributed by atoms with Gasteiger partial charge in [0.2, 0.25) is 0 Å². The molecule has 0 aromatic heterocycles. The molecule has 0 unspecified atom stereocenters. The molecule has 0 spiro atoms. The molecule has 2 aliphatic rings. The lowest BCUT2D eigenvalue weighted by Crippen LogP contribution is -2.29. The summed E-state index contributed by atoms with van der Waals surface area (Å²) in [6, 6.07) is 16.1. The van der Waals surface area contributed by atoms with Crippen LogP contribution >= 0.6 is 0 Å². The van der Waals surface area contributed by atoms with Gasteiger partial charge in [-0.1, -0.05) is 42.5 Å². The van der Waals surface area contributed by atoms with Gasteiger partial charge in [0.1, 0.15) is 0 Å². The molecule has 1 aliphatic carbocycles. The van der Waals surface area contributed by atoms with E-state index < -0.39 is 5.97 Å². The topological polar surface area (TPSA) is 49.3 Å². The van der Waals surface area contributed by atoms with Crippen LogP contribution in [0.5, 0.6) is 0 Å². The Kier molecular flexibility index (Phi) is 3.00. The molecule has 110 valence electrons. The number of aromatic carboxylic acids is 1. The second-order valence-corrected chi connectivity index (χ2v) is 5.99. The van der Waals surface area contributed by atoms with Crippen molar-refractivity contribution in [2.45, 2.75) is 18.4 Å². The Morgan fingerprint density at radius 2 is 1.95 bits per heavy atom. The number of hydrogen-bond acceptors (Lipinski definition) is 2. The number of carboxylic acids is 1. The third kappa shape index (κ3) is 2.01. The number of rotatable bonds is 2. The monoisotopic (exact) mass is 291 g/mol. The first-order chi connectivity index (χ1) is 10.7. The molecule has 22 heavy (non-hydrogen) atoms. The smallest absolute Gasteiger partial charge is 0.335 e. The average Bonchev–Trinajstić information content (AvgIpc) is 3.04. The zero-order chi connectivity index (χ0) is 15.1. The minimum atomic E-state index is -0.869. The van der Waals surface area contributed by atoms with Crippen LogP contribution in [-0.2, 0) is 0 Å². The van der Waals surface area contributed by atoms with Crippen LogP contribution in [0, 0.1) is 5.92 Å². The number of nitrogens with one attached hydrogen (secondary N) is 1. The standard InChI is InChI=1S/C19H17NO2/c21-19(22)13-9-10-17-16(11-13)14-7-4-8-15(14)18(20-17)12-5-2-1-3-6-12/h1-7,9-11,14-15,18,20H,8H2,(H,21,22)/t14-,15+,18+/m0/s1. The van der Waals surface area contributed by atoms with E-state index in [1.54, 1.807) is 6.07 Å². The summed E-state index contributed by atoms with van der Waals surface area (Å²) in [6.45, 7) is 0. The van der Waals surface area contributed by atoms with Crippen molar-refractivity contribution in [3.8, 4) is 0 Å². The van der Waals surface area contributed by atoms with Crippen LogP contribution < -0.4 is 5.32 Å². The fourth-order valence-electron chi connectivity index (χ4n) is 3.72. The lowest BCUT2D eigenvalue weighted by molar-refractivity contribution is 0.0696. The van der Waals surface area contributed by atoms with Gasteiger partial charge in [-0.3, -0.25) is 0 Å². The van der Waals surface area contributed by atoms with E-state index in [9.17, 15) is 9.90 Å². The van der Waals surface area contributed by atoms with Crippen molar-refractivity contribution in [3.05, 3.63) is 77.4 Å². The number of allylic oxidation sites excluding steroid dienone is 2. The van der Waals surface area contributed by atoms with Crippen molar-refractivity contribution in [1.29, 1.82) is 0 Å². The third-order valence-electron chi connectivity index (χ3n) is 4.77. The minimum Gasteiger partial charge on any atom is -0.478 e. The number of benzene rings is 2. The molecule has 2 aromatic rings. The fraction of sp³-hybridized carbons (Fsp3) is 0.211. The van der Waals surface area contributed by atoms with Crippen LogP contribution in [0.25, 0.3) is 0 Å². The Bertz CT molecular complexity index is 751. The molecule has 1 aliphatic heterocycles. The maximum absolute atomic E-state index is 11.2. The number of carboxylic acid groups (broad SMARTS) is 1. The zero-order valence-electron chi connectivity index (χ0n) is 12.1. The van der Waals surface area contributed by atoms with Crippen molar-refractivity contribution < 1.29 is 9.90 Å². The molecule has 0 radical (unpaired) electrons. The molecule has 0 fully saturated rings. The molecule has 3 nitrogen and oxygen atoms in total. The minimum absolute atomic E-state index is 0.268. The lowest BCUT2D eigenvalue weighted by Gasteiger charge is -2.37. The highest BCUT2D eigenvalue weighted by molar-refractivity contribution is 5.89. The van der Waals surface area contributed by atoms with E-state index >= 15 is 0 Å². The summed E-state index contributed by atoms with van der Waals surface area (Å²) in [5.74, 6) is -0.133. The van der Waals surface area contributed by atoms with E-state index in [0.717, 1.165) is 17.7 Å². The van der Waals surface area contributed by atoms with Gasteiger partial charge in [-0.25, -0.2) is 4.79 Å². The van der Waals surface area contributed by atoms with E-state index in [2.05, 4.69) is 41.7 Å². The first-order valence-electron chi connectivity index (χ1n) is 7.59. The summed E-state index contributed by atoms with van der Waals surface area (Å²) >= 11 is 0. The Balaban J connectivity index is 1.79. The molecule has 0 bridgehead atoms. The predicted molar refractivity (Wildman–Crippen MR) is 86.2 cm³/mol. The van der Waals surface area contributed by atoms with Crippen molar-refractivity contribution >= 4 is 11.7 Å². The molecule has 0 saturated heterocycles. The maximum atomic E-state index is 11.2. The van der Waals surface area contributed by atoms with E-state index in [1.807, 2.05) is 18.2 Å². The van der Waals surface area contributed by atoms with Crippen LogP contribution in [0.2, 0.25) is 0 Å². The van der Waals surface area contributed by atoms with Crippen molar-refractivity contribution in [1.82, 2.24) is 0 Å². The summed E-state index contributed by atoms with van der Waals surface area (Å²) in [4.78, 5) is 11.2. The summed E-state index contributed by atoms with van der Waals surface area (Å²) in [6.07, 6.45) is 5.47. The highest BCUT2D eigenvalue weighted by atomic mass is 16.4. The summed E-state index contributed by atoms with van der Waals surface area (Å²) < 4.78 is 0. The van der Waals surface area contributed by atoms with E-state index in [1.165, 1.54) is 5.56 Å². The van der Waals surface area contributed by atoms with E-state index in [4.69, 9.17) is 0 Å². The SMILES string of the molecule is O=C(O)c1ccc2c(c1)[C@H]1C=CC[C@H]1[C@@H](c1ccccc1)N2. The normalized spacial score (nSPS) is 25.2. The van der Waals surface area contributed by atoms with Gasteiger partial charge in [0.25, 0.3) is 0 Å². The Morgan fingerprint density at radius 1 is 1.14 bits per heavy atom. The van der Waals surface area contributed by atoms with Gasteiger partial charge in [-0.2, -0.15) is 0 Å². The molecular weight excluding hydrogens is 274 g/mol. The second-order valence-electron chi connectivity index (χ2n) is 5.99. The van der Waals surface area contributed by atoms with Gasteiger partial charge in [0.15, 0.2) is 0 Å². The van der Waals surface area contributed by atoms with Gasteiger partial charge in [-0.15, -0.1) is 0 Å². The maximum Gasteiger partial charge on any atom is 0.335 e. The van der Waals surface area contributed by atoms with Crippen LogP contribution in [0.1, 0.15) is 39.9 Å². The molecule has 3 heteroatoms. The Morgan fingerprint density at radius 3 is 2.73 bits per heavy atom. The van der Waals surface area contributed by atoms with Crippen molar-refractivity contribution in [2.75, 3.05) is 5.32 Å². The van der Waals surface area contributed by atoms with Gasteiger partial charge in [-0.05, 0) is 41.7 Å². The molecule has 2 aromatic carbocycles. The molecular formula is C19H17NO2. The molecule has 3 atom stereocenters. The first kappa shape index (κ1) is 13.1. The summed E-state index contributed by atoms with van der Waals surface area (Å²) in [5, 5.41) is 12.8. The molecule has 4 rings (SSSR count). The number of anilines is 1. The van der Waals surface area contributed by atoms with Crippen LogP contribution in [0.4, 0.5) is 5.69 Å².